The number of carbonyl (C=O) groups excluding carboxylic acids is 1. The van der Waals surface area contributed by atoms with Crippen molar-refractivity contribution in [2.24, 2.45) is 0 Å². The lowest BCUT2D eigenvalue weighted by Gasteiger charge is -2.18. The summed E-state index contributed by atoms with van der Waals surface area (Å²) in [5, 5.41) is 5.89. The van der Waals surface area contributed by atoms with Crippen LogP contribution in [0.4, 0.5) is 4.79 Å². The standard InChI is InChI=1S/C21H45N3O/c1-4-7-8-9-10-11-12-13-14-15-16-17-18-22-21(25)23-19-20-24(5-2)6-3/h4-20H2,1-3H3,(H2,22,23,25). The molecule has 0 rings (SSSR count). The van der Waals surface area contributed by atoms with Gasteiger partial charge in [0.1, 0.15) is 0 Å². The van der Waals surface area contributed by atoms with Gasteiger partial charge in [-0.2, -0.15) is 0 Å². The van der Waals surface area contributed by atoms with Gasteiger partial charge in [-0.25, -0.2) is 4.79 Å². The van der Waals surface area contributed by atoms with E-state index in [1.165, 1.54) is 70.6 Å². The minimum absolute atomic E-state index is 0.0183. The minimum atomic E-state index is -0.0183. The first-order valence-corrected chi connectivity index (χ1v) is 11.0. The molecule has 0 atom stereocenters. The number of unbranched alkanes of at least 4 members (excludes halogenated alkanes) is 11. The summed E-state index contributed by atoms with van der Waals surface area (Å²) in [4.78, 5) is 14.0. The first-order chi connectivity index (χ1) is 12.2. The van der Waals surface area contributed by atoms with Crippen molar-refractivity contribution in [3.05, 3.63) is 0 Å². The number of urea groups is 1. The van der Waals surface area contributed by atoms with E-state index in [1.54, 1.807) is 0 Å². The molecule has 0 aromatic heterocycles. The molecule has 0 aliphatic carbocycles. The molecule has 0 aliphatic heterocycles. The topological polar surface area (TPSA) is 44.4 Å². The van der Waals surface area contributed by atoms with Crippen molar-refractivity contribution in [2.75, 3.05) is 32.7 Å². The molecule has 25 heavy (non-hydrogen) atoms. The lowest BCUT2D eigenvalue weighted by molar-refractivity contribution is 0.236. The van der Waals surface area contributed by atoms with Crippen molar-refractivity contribution in [1.29, 1.82) is 0 Å². The van der Waals surface area contributed by atoms with E-state index in [9.17, 15) is 4.79 Å². The number of likely N-dealkylation sites (N-methyl/N-ethyl adjacent to an activating group) is 1. The lowest BCUT2D eigenvalue weighted by atomic mass is 10.1. The van der Waals surface area contributed by atoms with E-state index in [0.717, 1.165) is 39.1 Å². The highest BCUT2D eigenvalue weighted by Crippen LogP contribution is 2.11. The molecule has 0 bridgehead atoms. The molecule has 2 N–H and O–H groups in total. The summed E-state index contributed by atoms with van der Waals surface area (Å²) in [6.45, 7) is 11.1. The van der Waals surface area contributed by atoms with Crippen LogP contribution in [0.5, 0.6) is 0 Å². The molecule has 4 nitrogen and oxygen atoms in total. The van der Waals surface area contributed by atoms with E-state index in [2.05, 4.69) is 36.3 Å². The molecule has 0 heterocycles. The van der Waals surface area contributed by atoms with Crippen LogP contribution in [0.25, 0.3) is 0 Å². The van der Waals surface area contributed by atoms with Crippen LogP contribution < -0.4 is 10.6 Å². The van der Waals surface area contributed by atoms with Crippen LogP contribution in [0.2, 0.25) is 0 Å². The second-order valence-corrected chi connectivity index (χ2v) is 7.10. The van der Waals surface area contributed by atoms with Crippen molar-refractivity contribution < 1.29 is 4.79 Å². The third-order valence-corrected chi connectivity index (χ3v) is 4.92. The van der Waals surface area contributed by atoms with Gasteiger partial charge in [0, 0.05) is 19.6 Å². The van der Waals surface area contributed by atoms with Gasteiger partial charge in [-0.1, -0.05) is 91.4 Å². The van der Waals surface area contributed by atoms with Gasteiger partial charge < -0.3 is 15.5 Å². The van der Waals surface area contributed by atoms with Gasteiger partial charge in [-0.05, 0) is 19.5 Å². The zero-order valence-electron chi connectivity index (χ0n) is 17.4. The number of hydrogen-bond acceptors (Lipinski definition) is 2. The maximum absolute atomic E-state index is 11.7. The summed E-state index contributed by atoms with van der Waals surface area (Å²) in [5.41, 5.74) is 0. The molecule has 0 aliphatic rings. The second-order valence-electron chi connectivity index (χ2n) is 7.10. The summed E-state index contributed by atoms with van der Waals surface area (Å²) >= 11 is 0. The molecule has 0 fully saturated rings. The van der Waals surface area contributed by atoms with E-state index >= 15 is 0 Å². The van der Waals surface area contributed by atoms with Gasteiger partial charge in [0.2, 0.25) is 0 Å². The van der Waals surface area contributed by atoms with Crippen LogP contribution in [0.15, 0.2) is 0 Å². The molecule has 0 radical (unpaired) electrons. The van der Waals surface area contributed by atoms with Gasteiger partial charge in [-0.15, -0.1) is 0 Å². The monoisotopic (exact) mass is 355 g/mol. The molecule has 0 unspecified atom stereocenters. The fourth-order valence-electron chi connectivity index (χ4n) is 3.10. The normalized spacial score (nSPS) is 11.0. The van der Waals surface area contributed by atoms with Gasteiger partial charge >= 0.3 is 6.03 Å². The molecule has 150 valence electrons. The summed E-state index contributed by atoms with van der Waals surface area (Å²) in [6, 6.07) is -0.0183. The average Bonchev–Trinajstić information content (AvgIpc) is 2.62. The Labute approximate surface area is 157 Å². The highest BCUT2D eigenvalue weighted by Gasteiger charge is 2.01. The van der Waals surface area contributed by atoms with Crippen LogP contribution >= 0.6 is 0 Å². The van der Waals surface area contributed by atoms with Crippen LogP contribution in [0.1, 0.15) is 97.8 Å². The Morgan fingerprint density at radius 3 is 1.56 bits per heavy atom. The molecule has 0 aromatic carbocycles. The highest BCUT2D eigenvalue weighted by molar-refractivity contribution is 5.73. The zero-order chi connectivity index (χ0) is 18.6. The van der Waals surface area contributed by atoms with E-state index in [-0.39, 0.29) is 6.03 Å². The molecule has 0 spiro atoms. The fraction of sp³-hybridized carbons (Fsp3) is 0.952. The summed E-state index contributed by atoms with van der Waals surface area (Å²) < 4.78 is 0. The molecule has 0 saturated heterocycles. The van der Waals surface area contributed by atoms with Crippen LogP contribution in [-0.2, 0) is 0 Å². The van der Waals surface area contributed by atoms with E-state index in [1.807, 2.05) is 0 Å². The predicted octanol–water partition coefficient (Wildman–Crippen LogP) is 5.33. The Morgan fingerprint density at radius 1 is 0.640 bits per heavy atom. The Kier molecular flexibility index (Phi) is 19.0. The van der Waals surface area contributed by atoms with Crippen molar-refractivity contribution in [1.82, 2.24) is 15.5 Å². The molecule has 4 heteroatoms. The maximum Gasteiger partial charge on any atom is 0.314 e. The summed E-state index contributed by atoms with van der Waals surface area (Å²) in [5.74, 6) is 0. The SMILES string of the molecule is CCCCCCCCCCCCCCNC(=O)NCCN(CC)CC. The number of carbonyl (C=O) groups is 1. The Bertz CT molecular complexity index is 280. The molecule has 2 amide bonds. The first kappa shape index (κ1) is 24.2. The second kappa shape index (κ2) is 19.6. The van der Waals surface area contributed by atoms with Gasteiger partial charge in [0.25, 0.3) is 0 Å². The predicted molar refractivity (Wildman–Crippen MR) is 110 cm³/mol. The van der Waals surface area contributed by atoms with Crippen LogP contribution in [0, 0.1) is 0 Å². The highest BCUT2D eigenvalue weighted by atomic mass is 16.2. The fourth-order valence-corrected chi connectivity index (χ4v) is 3.10. The van der Waals surface area contributed by atoms with Gasteiger partial charge in [0.05, 0.1) is 0 Å². The maximum atomic E-state index is 11.7. The number of nitrogens with zero attached hydrogens (tertiary/aromatic N) is 1. The van der Waals surface area contributed by atoms with Crippen molar-refractivity contribution >= 4 is 6.03 Å². The largest absolute Gasteiger partial charge is 0.338 e. The number of nitrogens with one attached hydrogen (secondary N) is 2. The quantitative estimate of drug-likeness (QED) is 0.326. The van der Waals surface area contributed by atoms with Crippen molar-refractivity contribution in [2.45, 2.75) is 97.8 Å². The van der Waals surface area contributed by atoms with Gasteiger partial charge in [-0.3, -0.25) is 0 Å². The number of hydrogen-bond donors (Lipinski definition) is 2. The lowest BCUT2D eigenvalue weighted by Crippen LogP contribution is -2.40. The van der Waals surface area contributed by atoms with Gasteiger partial charge in [0.15, 0.2) is 0 Å². The third kappa shape index (κ3) is 17.8. The van der Waals surface area contributed by atoms with Crippen LogP contribution in [-0.4, -0.2) is 43.7 Å². The minimum Gasteiger partial charge on any atom is -0.338 e. The molecule has 0 saturated carbocycles. The summed E-state index contributed by atoms with van der Waals surface area (Å²) in [6.07, 6.45) is 16.2. The number of amides is 2. The molecular formula is C21H45N3O. The average molecular weight is 356 g/mol. The Hall–Kier alpha value is -0.770. The first-order valence-electron chi connectivity index (χ1n) is 11.0. The smallest absolute Gasteiger partial charge is 0.314 e. The Balaban J connectivity index is 3.21. The van der Waals surface area contributed by atoms with E-state index < -0.39 is 0 Å². The molecule has 0 aromatic rings. The summed E-state index contributed by atoms with van der Waals surface area (Å²) in [7, 11) is 0. The van der Waals surface area contributed by atoms with Crippen molar-refractivity contribution in [3.63, 3.8) is 0 Å². The third-order valence-electron chi connectivity index (χ3n) is 4.92. The Morgan fingerprint density at radius 2 is 1.08 bits per heavy atom. The van der Waals surface area contributed by atoms with Crippen LogP contribution in [0.3, 0.4) is 0 Å². The van der Waals surface area contributed by atoms with Crippen molar-refractivity contribution in [3.8, 4) is 0 Å². The van der Waals surface area contributed by atoms with E-state index in [4.69, 9.17) is 0 Å². The number of rotatable bonds is 18. The van der Waals surface area contributed by atoms with E-state index in [0.29, 0.717) is 0 Å². The zero-order valence-corrected chi connectivity index (χ0v) is 17.4. The molecular weight excluding hydrogens is 310 g/mol.